The molecule has 1 N–H and O–H groups in total. The van der Waals surface area contributed by atoms with E-state index < -0.39 is 0 Å². The Hall–Kier alpha value is -1.03. The molecule has 1 aliphatic rings. The molecule has 1 aromatic rings. The SMILES string of the molecule is CCC1SC(=N)CN1c1ccc(F)cc1. The first-order valence-electron chi connectivity index (χ1n) is 4.97. The standard InChI is InChI=1S/C11H13FN2S/c1-2-11-14(7-10(13)15-11)9-5-3-8(12)4-6-9/h3-6,11,13H,2,7H2,1H3. The molecular formula is C11H13FN2S. The average Bonchev–Trinajstić information content (AvgIpc) is 2.61. The number of nitrogens with one attached hydrogen (secondary N) is 1. The molecule has 0 aromatic heterocycles. The Morgan fingerprint density at radius 3 is 2.73 bits per heavy atom. The van der Waals surface area contributed by atoms with Gasteiger partial charge in [0.15, 0.2) is 0 Å². The van der Waals surface area contributed by atoms with E-state index in [1.807, 2.05) is 0 Å². The second-order valence-electron chi connectivity index (χ2n) is 3.51. The third kappa shape index (κ3) is 2.15. The van der Waals surface area contributed by atoms with Crippen molar-refractivity contribution < 1.29 is 4.39 Å². The Balaban J connectivity index is 2.22. The van der Waals surface area contributed by atoms with E-state index in [4.69, 9.17) is 5.41 Å². The molecule has 2 rings (SSSR count). The fourth-order valence-corrected chi connectivity index (χ4v) is 2.75. The highest BCUT2D eigenvalue weighted by Gasteiger charge is 2.27. The lowest BCUT2D eigenvalue weighted by molar-refractivity contribution is 0.627. The van der Waals surface area contributed by atoms with Crippen LogP contribution in [-0.4, -0.2) is 17.0 Å². The minimum Gasteiger partial charge on any atom is -0.353 e. The summed E-state index contributed by atoms with van der Waals surface area (Å²) in [7, 11) is 0. The maximum atomic E-state index is 12.8. The van der Waals surface area contributed by atoms with Crippen molar-refractivity contribution >= 4 is 22.5 Å². The first-order valence-corrected chi connectivity index (χ1v) is 5.85. The maximum absolute atomic E-state index is 12.8. The van der Waals surface area contributed by atoms with Crippen molar-refractivity contribution in [3.8, 4) is 0 Å². The highest BCUT2D eigenvalue weighted by Crippen LogP contribution is 2.32. The summed E-state index contributed by atoms with van der Waals surface area (Å²) < 4.78 is 12.8. The van der Waals surface area contributed by atoms with Gasteiger partial charge in [-0.25, -0.2) is 4.39 Å². The monoisotopic (exact) mass is 224 g/mol. The number of halogens is 1. The van der Waals surface area contributed by atoms with E-state index in [2.05, 4.69) is 11.8 Å². The molecule has 0 radical (unpaired) electrons. The molecule has 1 unspecified atom stereocenters. The summed E-state index contributed by atoms with van der Waals surface area (Å²) in [6.45, 7) is 2.75. The van der Waals surface area contributed by atoms with Crippen LogP contribution < -0.4 is 4.90 Å². The minimum absolute atomic E-state index is 0.214. The number of hydrogen-bond donors (Lipinski definition) is 1. The molecule has 2 nitrogen and oxygen atoms in total. The third-order valence-corrected chi connectivity index (χ3v) is 3.72. The van der Waals surface area contributed by atoms with Gasteiger partial charge in [-0.2, -0.15) is 0 Å². The molecule has 1 fully saturated rings. The molecule has 1 saturated heterocycles. The zero-order valence-electron chi connectivity index (χ0n) is 8.53. The summed E-state index contributed by atoms with van der Waals surface area (Å²) in [4.78, 5) is 2.15. The van der Waals surface area contributed by atoms with Gasteiger partial charge in [-0.3, -0.25) is 5.41 Å². The lowest BCUT2D eigenvalue weighted by Crippen LogP contribution is -2.27. The fourth-order valence-electron chi connectivity index (χ4n) is 1.72. The van der Waals surface area contributed by atoms with Crippen LogP contribution in [0.3, 0.4) is 0 Å². The smallest absolute Gasteiger partial charge is 0.123 e. The number of thioether (sulfide) groups is 1. The van der Waals surface area contributed by atoms with Crippen molar-refractivity contribution in [2.45, 2.75) is 18.7 Å². The first-order chi connectivity index (χ1) is 7.20. The van der Waals surface area contributed by atoms with E-state index in [0.717, 1.165) is 12.1 Å². The van der Waals surface area contributed by atoms with Crippen molar-refractivity contribution in [1.29, 1.82) is 5.41 Å². The molecule has 0 bridgehead atoms. The molecule has 1 heterocycles. The predicted octanol–water partition coefficient (Wildman–Crippen LogP) is 3.09. The molecule has 0 aliphatic carbocycles. The number of rotatable bonds is 2. The number of nitrogens with zero attached hydrogens (tertiary/aromatic N) is 1. The van der Waals surface area contributed by atoms with Gasteiger partial charge in [-0.15, -0.1) is 0 Å². The maximum Gasteiger partial charge on any atom is 0.123 e. The molecule has 0 spiro atoms. The fraction of sp³-hybridized carbons (Fsp3) is 0.364. The second-order valence-corrected chi connectivity index (χ2v) is 4.78. The quantitative estimate of drug-likeness (QED) is 0.835. The Morgan fingerprint density at radius 2 is 2.13 bits per heavy atom. The van der Waals surface area contributed by atoms with Crippen LogP contribution in [0.25, 0.3) is 0 Å². The molecule has 0 saturated carbocycles. The molecule has 1 aliphatic heterocycles. The van der Waals surface area contributed by atoms with Crippen LogP contribution in [0.5, 0.6) is 0 Å². The molecule has 4 heteroatoms. The van der Waals surface area contributed by atoms with E-state index in [0.29, 0.717) is 17.0 Å². The van der Waals surface area contributed by atoms with Crippen molar-refractivity contribution in [2.24, 2.45) is 0 Å². The lowest BCUT2D eigenvalue weighted by Gasteiger charge is -2.23. The summed E-state index contributed by atoms with van der Waals surface area (Å²) in [6, 6.07) is 6.48. The van der Waals surface area contributed by atoms with Gasteiger partial charge in [0, 0.05) is 5.69 Å². The Morgan fingerprint density at radius 1 is 1.47 bits per heavy atom. The minimum atomic E-state index is -0.214. The predicted molar refractivity (Wildman–Crippen MR) is 63.1 cm³/mol. The van der Waals surface area contributed by atoms with Gasteiger partial charge >= 0.3 is 0 Å². The molecular weight excluding hydrogens is 211 g/mol. The van der Waals surface area contributed by atoms with Crippen LogP contribution in [-0.2, 0) is 0 Å². The summed E-state index contributed by atoms with van der Waals surface area (Å²) in [5, 5.41) is 8.66. The lowest BCUT2D eigenvalue weighted by atomic mass is 10.2. The largest absolute Gasteiger partial charge is 0.353 e. The van der Waals surface area contributed by atoms with E-state index in [-0.39, 0.29) is 5.82 Å². The summed E-state index contributed by atoms with van der Waals surface area (Å²) in [5.74, 6) is -0.214. The molecule has 15 heavy (non-hydrogen) atoms. The molecule has 1 atom stereocenters. The zero-order valence-corrected chi connectivity index (χ0v) is 9.35. The topological polar surface area (TPSA) is 27.1 Å². The van der Waals surface area contributed by atoms with Crippen LogP contribution in [0.15, 0.2) is 24.3 Å². The van der Waals surface area contributed by atoms with E-state index >= 15 is 0 Å². The van der Waals surface area contributed by atoms with Gasteiger partial charge in [0.25, 0.3) is 0 Å². The second kappa shape index (κ2) is 4.23. The summed E-state index contributed by atoms with van der Waals surface area (Å²) in [6.07, 6.45) is 0.990. The van der Waals surface area contributed by atoms with Gasteiger partial charge in [-0.05, 0) is 30.7 Å². The van der Waals surface area contributed by atoms with Crippen molar-refractivity contribution in [2.75, 3.05) is 11.4 Å². The summed E-state index contributed by atoms with van der Waals surface area (Å²) >= 11 is 1.59. The van der Waals surface area contributed by atoms with Crippen LogP contribution in [0.2, 0.25) is 0 Å². The van der Waals surface area contributed by atoms with Crippen LogP contribution in [0.1, 0.15) is 13.3 Å². The number of anilines is 1. The number of benzene rings is 1. The van der Waals surface area contributed by atoms with Crippen molar-refractivity contribution in [3.63, 3.8) is 0 Å². The van der Waals surface area contributed by atoms with E-state index in [1.165, 1.54) is 12.1 Å². The van der Waals surface area contributed by atoms with E-state index in [1.54, 1.807) is 23.9 Å². The van der Waals surface area contributed by atoms with Crippen molar-refractivity contribution in [1.82, 2.24) is 0 Å². The highest BCUT2D eigenvalue weighted by molar-refractivity contribution is 8.14. The Kier molecular flexibility index (Phi) is 2.95. The van der Waals surface area contributed by atoms with Crippen LogP contribution >= 0.6 is 11.8 Å². The Bertz CT molecular complexity index is 363. The van der Waals surface area contributed by atoms with Gasteiger partial charge in [0.05, 0.1) is 17.0 Å². The summed E-state index contributed by atoms with van der Waals surface area (Å²) in [5.41, 5.74) is 0.998. The normalized spacial score (nSPS) is 21.1. The van der Waals surface area contributed by atoms with Gasteiger partial charge in [0.2, 0.25) is 0 Å². The van der Waals surface area contributed by atoms with Gasteiger partial charge in [-0.1, -0.05) is 18.7 Å². The molecule has 80 valence electrons. The average molecular weight is 224 g/mol. The van der Waals surface area contributed by atoms with Crippen molar-refractivity contribution in [3.05, 3.63) is 30.1 Å². The zero-order chi connectivity index (χ0) is 10.8. The van der Waals surface area contributed by atoms with Crippen LogP contribution in [0.4, 0.5) is 10.1 Å². The van der Waals surface area contributed by atoms with E-state index in [9.17, 15) is 4.39 Å². The highest BCUT2D eigenvalue weighted by atomic mass is 32.2. The third-order valence-electron chi connectivity index (χ3n) is 2.45. The number of hydrogen-bond acceptors (Lipinski definition) is 3. The Labute approximate surface area is 93.0 Å². The molecule has 0 amide bonds. The van der Waals surface area contributed by atoms with Crippen LogP contribution in [0, 0.1) is 11.2 Å². The first kappa shape index (κ1) is 10.5. The van der Waals surface area contributed by atoms with Gasteiger partial charge < -0.3 is 4.90 Å². The molecule has 1 aromatic carbocycles. The van der Waals surface area contributed by atoms with Gasteiger partial charge in [0.1, 0.15) is 5.82 Å².